The predicted molar refractivity (Wildman–Crippen MR) is 289 cm³/mol. The number of hydrogen-bond acceptors (Lipinski definition) is 7. The monoisotopic (exact) mass is 979 g/mol. The van der Waals surface area contributed by atoms with Crippen molar-refractivity contribution in [1.82, 2.24) is 0 Å². The van der Waals surface area contributed by atoms with Crippen molar-refractivity contribution in [2.24, 2.45) is 0 Å². The molecule has 0 bridgehead atoms. The molecule has 0 aromatic heterocycles. The number of phosphoric acid groups is 1. The second-order valence-corrected chi connectivity index (χ2v) is 21.8. The molecule has 68 heavy (non-hydrogen) atoms. The van der Waals surface area contributed by atoms with Crippen LogP contribution in [-0.4, -0.2) is 74.9 Å². The minimum Gasteiger partial charge on any atom is -0.462 e. The van der Waals surface area contributed by atoms with Crippen LogP contribution in [0.1, 0.15) is 258 Å². The lowest BCUT2D eigenvalue weighted by molar-refractivity contribution is -0.870. The quantitative estimate of drug-likeness (QED) is 0.0211. The van der Waals surface area contributed by atoms with E-state index in [1.54, 1.807) is 0 Å². The molecule has 9 nitrogen and oxygen atoms in total. The summed E-state index contributed by atoms with van der Waals surface area (Å²) < 4.78 is 34.5. The molecule has 0 aliphatic carbocycles. The fraction of sp³-hybridized carbons (Fsp3) is 0.828. The maximum Gasteiger partial charge on any atom is 0.472 e. The Morgan fingerprint density at radius 3 is 1.19 bits per heavy atom. The van der Waals surface area contributed by atoms with Gasteiger partial charge in [0.1, 0.15) is 19.8 Å². The number of ether oxygens (including phenoxy) is 2. The zero-order valence-electron chi connectivity index (χ0n) is 45.1. The van der Waals surface area contributed by atoms with Crippen LogP contribution in [0.5, 0.6) is 0 Å². The molecule has 398 valence electrons. The van der Waals surface area contributed by atoms with Gasteiger partial charge in [-0.25, -0.2) is 4.57 Å². The number of hydrogen-bond donors (Lipinski definition) is 1. The van der Waals surface area contributed by atoms with Crippen LogP contribution in [0.2, 0.25) is 0 Å². The Hall–Kier alpha value is -2.03. The first kappa shape index (κ1) is 66.0. The fourth-order valence-corrected chi connectivity index (χ4v) is 8.64. The van der Waals surface area contributed by atoms with Gasteiger partial charge in [0.05, 0.1) is 27.7 Å². The van der Waals surface area contributed by atoms with Crippen LogP contribution in [-0.2, 0) is 32.7 Å². The molecule has 2 atom stereocenters. The molecule has 0 fully saturated rings. The number of phosphoric ester groups is 1. The number of allylic oxidation sites excluding steroid dienone is 8. The zero-order valence-corrected chi connectivity index (χ0v) is 46.0. The maximum atomic E-state index is 12.8. The molecule has 0 aliphatic rings. The second kappa shape index (κ2) is 49.9. The van der Waals surface area contributed by atoms with Gasteiger partial charge in [-0.15, -0.1) is 0 Å². The molecule has 0 aromatic rings. The number of quaternary nitrogens is 1. The Morgan fingerprint density at radius 1 is 0.456 bits per heavy atom. The highest BCUT2D eigenvalue weighted by atomic mass is 31.2. The van der Waals surface area contributed by atoms with Crippen molar-refractivity contribution in [2.45, 2.75) is 264 Å². The largest absolute Gasteiger partial charge is 0.472 e. The third-order valence-corrected chi connectivity index (χ3v) is 13.3. The van der Waals surface area contributed by atoms with E-state index in [-0.39, 0.29) is 32.0 Å². The van der Waals surface area contributed by atoms with Gasteiger partial charge in [0.2, 0.25) is 0 Å². The minimum atomic E-state index is -4.38. The van der Waals surface area contributed by atoms with Gasteiger partial charge < -0.3 is 18.9 Å². The third kappa shape index (κ3) is 53.3. The highest BCUT2D eigenvalue weighted by Gasteiger charge is 2.27. The van der Waals surface area contributed by atoms with Crippen LogP contribution in [0.4, 0.5) is 0 Å². The summed E-state index contributed by atoms with van der Waals surface area (Å²) in [7, 11) is 1.48. The molecule has 10 heteroatoms. The molecule has 0 spiro atoms. The summed E-state index contributed by atoms with van der Waals surface area (Å²) in [5, 5.41) is 0. The zero-order chi connectivity index (χ0) is 49.9. The number of carbonyl (C=O) groups excluding carboxylic acids is 2. The van der Waals surface area contributed by atoms with Crippen LogP contribution in [0.3, 0.4) is 0 Å². The Balaban J connectivity index is 4.12. The highest BCUT2D eigenvalue weighted by molar-refractivity contribution is 7.47. The summed E-state index contributed by atoms with van der Waals surface area (Å²) in [4.78, 5) is 35.6. The van der Waals surface area contributed by atoms with Crippen LogP contribution >= 0.6 is 7.82 Å². The number of likely N-dealkylation sites (N-methyl/N-ethyl adjacent to an activating group) is 1. The standard InChI is InChI=1S/C58H108NO8P/c1-6-8-10-12-14-16-18-20-22-23-24-25-26-27-28-29-30-31-32-33-34-35-37-39-41-43-45-47-49-51-58(61)67-56(55-66-68(62,63)65-53-52-59(3,4)5)54-64-57(60)50-48-46-44-42-40-38-36-21-19-17-15-13-11-9-7-2/h18,20-21,23-24,26-27,36,56H,6-17,19,22,25,28-35,37-55H2,1-5H3/p+1/b20-18-,24-23-,27-26-,36-21-. The number of nitrogens with zero attached hydrogens (tertiary/aromatic N) is 1. The normalized spacial score (nSPS) is 13.7. The average molecular weight is 979 g/mol. The molecule has 0 saturated carbocycles. The van der Waals surface area contributed by atoms with E-state index in [2.05, 4.69) is 62.5 Å². The summed E-state index contributed by atoms with van der Waals surface area (Å²) in [5.41, 5.74) is 0. The van der Waals surface area contributed by atoms with E-state index in [0.717, 1.165) is 64.2 Å². The first-order valence-corrected chi connectivity index (χ1v) is 29.9. The SMILES string of the molecule is CCCCCCC/C=C\C/C=C\C/C=C\CCCCCCCCCCCCCCCCC(=O)OC(COC(=O)CCCCCCC/C=C\CCCCCCCC)COP(=O)(O)OCC[N+](C)(C)C. The second-order valence-electron chi connectivity index (χ2n) is 20.3. The van der Waals surface area contributed by atoms with Gasteiger partial charge in [0, 0.05) is 12.8 Å². The van der Waals surface area contributed by atoms with Gasteiger partial charge in [-0.05, 0) is 77.0 Å². The van der Waals surface area contributed by atoms with Crippen LogP contribution in [0.25, 0.3) is 0 Å². The molecule has 0 rings (SSSR count). The molecule has 0 radical (unpaired) electrons. The predicted octanol–water partition coefficient (Wildman–Crippen LogP) is 17.4. The number of esters is 2. The van der Waals surface area contributed by atoms with Gasteiger partial charge >= 0.3 is 19.8 Å². The number of unbranched alkanes of at least 4 members (excludes halogenated alkanes) is 30. The lowest BCUT2D eigenvalue weighted by Gasteiger charge is -2.24. The Morgan fingerprint density at radius 2 is 0.794 bits per heavy atom. The smallest absolute Gasteiger partial charge is 0.462 e. The van der Waals surface area contributed by atoms with E-state index in [1.807, 2.05) is 21.1 Å². The van der Waals surface area contributed by atoms with E-state index in [4.69, 9.17) is 18.5 Å². The first-order valence-electron chi connectivity index (χ1n) is 28.4. The van der Waals surface area contributed by atoms with Gasteiger partial charge in [-0.3, -0.25) is 18.6 Å². The van der Waals surface area contributed by atoms with Crippen molar-refractivity contribution in [2.75, 3.05) is 47.5 Å². The van der Waals surface area contributed by atoms with Crippen molar-refractivity contribution >= 4 is 19.8 Å². The number of rotatable bonds is 52. The minimum absolute atomic E-state index is 0.0303. The van der Waals surface area contributed by atoms with Crippen LogP contribution in [0, 0.1) is 0 Å². The third-order valence-electron chi connectivity index (χ3n) is 12.3. The molecule has 2 unspecified atom stereocenters. The van der Waals surface area contributed by atoms with Crippen molar-refractivity contribution < 1.29 is 42.1 Å². The van der Waals surface area contributed by atoms with Gasteiger partial charge in [-0.1, -0.05) is 217 Å². The topological polar surface area (TPSA) is 108 Å². The summed E-state index contributed by atoms with van der Waals surface area (Å²) in [6.45, 7) is 4.43. The van der Waals surface area contributed by atoms with Gasteiger partial charge in [0.25, 0.3) is 0 Å². The molecule has 0 aromatic carbocycles. The van der Waals surface area contributed by atoms with Crippen molar-refractivity contribution in [3.8, 4) is 0 Å². The first-order chi connectivity index (χ1) is 33.0. The van der Waals surface area contributed by atoms with E-state index < -0.39 is 26.5 Å². The van der Waals surface area contributed by atoms with E-state index in [1.165, 1.54) is 161 Å². The Labute approximate surface area is 420 Å². The fourth-order valence-electron chi connectivity index (χ4n) is 7.90. The maximum absolute atomic E-state index is 12.8. The van der Waals surface area contributed by atoms with Crippen molar-refractivity contribution in [3.05, 3.63) is 48.6 Å². The molecular formula is C58H109NO8P+. The van der Waals surface area contributed by atoms with E-state index in [9.17, 15) is 19.0 Å². The molecular weight excluding hydrogens is 870 g/mol. The van der Waals surface area contributed by atoms with Crippen molar-refractivity contribution in [1.29, 1.82) is 0 Å². The molecule has 0 amide bonds. The summed E-state index contributed by atoms with van der Waals surface area (Å²) >= 11 is 0. The lowest BCUT2D eigenvalue weighted by Crippen LogP contribution is -2.37. The molecule has 0 aliphatic heterocycles. The van der Waals surface area contributed by atoms with Crippen LogP contribution < -0.4 is 0 Å². The highest BCUT2D eigenvalue weighted by Crippen LogP contribution is 2.43. The number of carbonyl (C=O) groups is 2. The van der Waals surface area contributed by atoms with E-state index >= 15 is 0 Å². The van der Waals surface area contributed by atoms with E-state index in [0.29, 0.717) is 17.4 Å². The Kier molecular flexibility index (Phi) is 48.4. The molecule has 0 saturated heterocycles. The molecule has 1 N–H and O–H groups in total. The lowest BCUT2D eigenvalue weighted by atomic mass is 10.0. The summed E-state index contributed by atoms with van der Waals surface area (Å²) in [6, 6.07) is 0. The van der Waals surface area contributed by atoms with Gasteiger partial charge in [-0.2, -0.15) is 0 Å². The molecule has 0 heterocycles. The average Bonchev–Trinajstić information content (AvgIpc) is 3.30. The van der Waals surface area contributed by atoms with Crippen molar-refractivity contribution in [3.63, 3.8) is 0 Å². The summed E-state index contributed by atoms with van der Waals surface area (Å²) in [6.07, 6.45) is 61.8. The summed E-state index contributed by atoms with van der Waals surface area (Å²) in [5.74, 6) is -0.801. The van der Waals surface area contributed by atoms with Crippen LogP contribution in [0.15, 0.2) is 48.6 Å². The Bertz CT molecular complexity index is 1290. The van der Waals surface area contributed by atoms with Gasteiger partial charge in [0.15, 0.2) is 6.10 Å².